The van der Waals surface area contributed by atoms with Crippen LogP contribution in [0.5, 0.6) is 5.75 Å². The van der Waals surface area contributed by atoms with Crippen LogP contribution in [0.2, 0.25) is 0 Å². The molecule has 1 fully saturated rings. The summed E-state index contributed by atoms with van der Waals surface area (Å²) in [5, 5.41) is 0. The molecule has 2 rings (SSSR count). The van der Waals surface area contributed by atoms with Crippen molar-refractivity contribution in [3.63, 3.8) is 0 Å². The molecule has 21 heavy (non-hydrogen) atoms. The number of benzene rings is 1. The molecular weight excluding hydrogens is 281 g/mol. The molecule has 1 aliphatic heterocycles. The molecule has 0 unspecified atom stereocenters. The third kappa shape index (κ3) is 4.81. The lowest BCUT2D eigenvalue weighted by atomic mass is 10.0. The maximum atomic E-state index is 12.1. The van der Waals surface area contributed by atoms with Crippen molar-refractivity contribution in [2.24, 2.45) is 5.73 Å². The fraction of sp³-hybridized carbons (Fsp3) is 0.600. The highest BCUT2D eigenvalue weighted by Gasteiger charge is 2.26. The molecule has 118 valence electrons. The molecule has 0 spiro atoms. The summed E-state index contributed by atoms with van der Waals surface area (Å²) in [6, 6.07) is 5.70. The van der Waals surface area contributed by atoms with Gasteiger partial charge in [-0.2, -0.15) is 13.2 Å². The first kappa shape index (κ1) is 15.9. The molecule has 1 aromatic rings. The highest BCUT2D eigenvalue weighted by Crippen LogP contribution is 2.28. The Bertz CT molecular complexity index is 468. The molecule has 0 saturated carbocycles. The zero-order valence-corrected chi connectivity index (χ0v) is 12.1. The second kappa shape index (κ2) is 6.56. The van der Waals surface area contributed by atoms with Crippen LogP contribution >= 0.6 is 0 Å². The van der Waals surface area contributed by atoms with Crippen LogP contribution in [0.4, 0.5) is 18.9 Å². The number of hydrogen-bond donors (Lipinski definition) is 1. The molecule has 0 aromatic heterocycles. The van der Waals surface area contributed by atoms with E-state index in [1.165, 1.54) is 0 Å². The number of alkyl halides is 3. The van der Waals surface area contributed by atoms with E-state index in [0.717, 1.165) is 37.2 Å². The molecule has 1 aliphatic rings. The summed E-state index contributed by atoms with van der Waals surface area (Å²) in [7, 11) is 0. The lowest BCUT2D eigenvalue weighted by Crippen LogP contribution is -2.39. The first-order valence-electron chi connectivity index (χ1n) is 7.16. The molecule has 0 amide bonds. The average Bonchev–Trinajstić information content (AvgIpc) is 2.39. The monoisotopic (exact) mass is 302 g/mol. The molecule has 6 heteroatoms. The lowest BCUT2D eigenvalue weighted by molar-refractivity contribution is -0.139. The Kier molecular flexibility index (Phi) is 4.98. The highest BCUT2D eigenvalue weighted by molar-refractivity contribution is 5.56. The van der Waals surface area contributed by atoms with Gasteiger partial charge in [0, 0.05) is 24.8 Å². The molecular formula is C15H21F3N2O. The van der Waals surface area contributed by atoms with E-state index in [-0.39, 0.29) is 12.6 Å². The number of rotatable bonds is 4. The van der Waals surface area contributed by atoms with Gasteiger partial charge in [-0.05, 0) is 43.5 Å². The normalized spacial score (nSPS) is 17.1. The third-order valence-electron chi connectivity index (χ3n) is 3.70. The standard InChI is InChI=1S/C15H21F3N2O/c1-11-10-13(21-9-6-15(16,17)18)2-3-14(11)20-7-4-12(19)5-8-20/h2-3,10,12H,4-9,19H2,1H3. The van der Waals surface area contributed by atoms with Gasteiger partial charge in [-0.25, -0.2) is 0 Å². The van der Waals surface area contributed by atoms with Crippen LogP contribution in [0.25, 0.3) is 0 Å². The summed E-state index contributed by atoms with van der Waals surface area (Å²) in [5.41, 5.74) is 8.00. The van der Waals surface area contributed by atoms with Gasteiger partial charge in [0.1, 0.15) is 5.75 Å². The molecule has 0 aliphatic carbocycles. The van der Waals surface area contributed by atoms with E-state index >= 15 is 0 Å². The number of ether oxygens (including phenoxy) is 1. The number of nitrogens with two attached hydrogens (primary N) is 1. The Balaban J connectivity index is 1.94. The van der Waals surface area contributed by atoms with Gasteiger partial charge in [0.05, 0.1) is 13.0 Å². The Morgan fingerprint density at radius 2 is 1.95 bits per heavy atom. The van der Waals surface area contributed by atoms with Gasteiger partial charge >= 0.3 is 6.18 Å². The largest absolute Gasteiger partial charge is 0.493 e. The summed E-state index contributed by atoms with van der Waals surface area (Å²) in [4.78, 5) is 2.26. The summed E-state index contributed by atoms with van der Waals surface area (Å²) >= 11 is 0. The summed E-state index contributed by atoms with van der Waals surface area (Å²) in [5.74, 6) is 0.481. The zero-order valence-electron chi connectivity index (χ0n) is 12.1. The van der Waals surface area contributed by atoms with Crippen LogP contribution in [-0.2, 0) is 0 Å². The van der Waals surface area contributed by atoms with E-state index in [4.69, 9.17) is 10.5 Å². The maximum Gasteiger partial charge on any atom is 0.392 e. The highest BCUT2D eigenvalue weighted by atomic mass is 19.4. The predicted molar refractivity (Wildman–Crippen MR) is 76.8 cm³/mol. The van der Waals surface area contributed by atoms with Gasteiger partial charge in [-0.3, -0.25) is 0 Å². The Morgan fingerprint density at radius 3 is 2.52 bits per heavy atom. The fourth-order valence-electron chi connectivity index (χ4n) is 2.50. The SMILES string of the molecule is Cc1cc(OCCC(F)(F)F)ccc1N1CCC(N)CC1. The minimum Gasteiger partial charge on any atom is -0.493 e. The van der Waals surface area contributed by atoms with E-state index in [1.54, 1.807) is 12.1 Å². The van der Waals surface area contributed by atoms with Crippen molar-refractivity contribution < 1.29 is 17.9 Å². The van der Waals surface area contributed by atoms with Gasteiger partial charge in [0.2, 0.25) is 0 Å². The van der Waals surface area contributed by atoms with Crippen molar-refractivity contribution >= 4 is 5.69 Å². The van der Waals surface area contributed by atoms with Crippen molar-refractivity contribution in [1.82, 2.24) is 0 Å². The first-order valence-corrected chi connectivity index (χ1v) is 7.16. The summed E-state index contributed by atoms with van der Waals surface area (Å²) in [6.45, 7) is 3.42. The maximum absolute atomic E-state index is 12.1. The first-order chi connectivity index (χ1) is 9.85. The Morgan fingerprint density at radius 1 is 1.29 bits per heavy atom. The molecule has 2 N–H and O–H groups in total. The van der Waals surface area contributed by atoms with Gasteiger partial charge < -0.3 is 15.4 Å². The summed E-state index contributed by atoms with van der Waals surface area (Å²) < 4.78 is 41.4. The average molecular weight is 302 g/mol. The van der Waals surface area contributed by atoms with E-state index < -0.39 is 12.6 Å². The van der Waals surface area contributed by atoms with Crippen LogP contribution in [0, 0.1) is 6.92 Å². The third-order valence-corrected chi connectivity index (χ3v) is 3.70. The van der Waals surface area contributed by atoms with Crippen LogP contribution in [0.15, 0.2) is 18.2 Å². The number of hydrogen-bond acceptors (Lipinski definition) is 3. The van der Waals surface area contributed by atoms with Gasteiger partial charge in [0.25, 0.3) is 0 Å². The predicted octanol–water partition coefficient (Wildman–Crippen LogP) is 3.25. The minimum atomic E-state index is -4.18. The quantitative estimate of drug-likeness (QED) is 0.928. The molecule has 1 heterocycles. The molecule has 3 nitrogen and oxygen atoms in total. The fourth-order valence-corrected chi connectivity index (χ4v) is 2.50. The van der Waals surface area contributed by atoms with Gasteiger partial charge in [-0.1, -0.05) is 0 Å². The Hall–Kier alpha value is -1.43. The number of halogens is 3. The van der Waals surface area contributed by atoms with Crippen LogP contribution in [-0.4, -0.2) is 31.9 Å². The van der Waals surface area contributed by atoms with Crippen LogP contribution in [0.1, 0.15) is 24.8 Å². The number of piperidine rings is 1. The topological polar surface area (TPSA) is 38.5 Å². The van der Waals surface area contributed by atoms with Crippen molar-refractivity contribution in [2.45, 2.75) is 38.4 Å². The molecule has 0 atom stereocenters. The lowest BCUT2D eigenvalue weighted by Gasteiger charge is -2.33. The zero-order chi connectivity index (χ0) is 15.5. The Labute approximate surface area is 122 Å². The molecule has 0 bridgehead atoms. The molecule has 1 saturated heterocycles. The van der Waals surface area contributed by atoms with E-state index in [9.17, 15) is 13.2 Å². The number of aryl methyl sites for hydroxylation is 1. The van der Waals surface area contributed by atoms with Gasteiger partial charge in [-0.15, -0.1) is 0 Å². The van der Waals surface area contributed by atoms with E-state index in [1.807, 2.05) is 13.0 Å². The molecule has 1 aromatic carbocycles. The van der Waals surface area contributed by atoms with Gasteiger partial charge in [0.15, 0.2) is 0 Å². The van der Waals surface area contributed by atoms with E-state index in [2.05, 4.69) is 4.90 Å². The second-order valence-electron chi connectivity index (χ2n) is 5.49. The van der Waals surface area contributed by atoms with Crippen LogP contribution < -0.4 is 15.4 Å². The second-order valence-corrected chi connectivity index (χ2v) is 5.49. The van der Waals surface area contributed by atoms with Crippen molar-refractivity contribution in [3.8, 4) is 5.75 Å². The summed E-state index contributed by atoms with van der Waals surface area (Å²) in [6.07, 6.45) is -3.19. The minimum absolute atomic E-state index is 0.270. The molecule has 0 radical (unpaired) electrons. The van der Waals surface area contributed by atoms with Crippen molar-refractivity contribution in [2.75, 3.05) is 24.6 Å². The number of anilines is 1. The van der Waals surface area contributed by atoms with Crippen LogP contribution in [0.3, 0.4) is 0 Å². The van der Waals surface area contributed by atoms with E-state index in [0.29, 0.717) is 5.75 Å². The van der Waals surface area contributed by atoms with Crippen molar-refractivity contribution in [3.05, 3.63) is 23.8 Å². The number of nitrogens with zero attached hydrogens (tertiary/aromatic N) is 1. The smallest absolute Gasteiger partial charge is 0.392 e. The van der Waals surface area contributed by atoms with Crippen molar-refractivity contribution in [1.29, 1.82) is 0 Å².